The topological polar surface area (TPSA) is 112 Å². The second-order valence-corrected chi connectivity index (χ2v) is 9.58. The molecule has 0 fully saturated rings. The Labute approximate surface area is 226 Å². The SMILES string of the molecule is Cc1c(N2C(=O)c3ccccc3C2=O)cc(N2C(=O)c3ccccc3C2=O)cc1N1C(=O)c2ccccc2C1=O. The van der Waals surface area contributed by atoms with Gasteiger partial charge in [-0.15, -0.1) is 0 Å². The molecule has 0 saturated carbocycles. The molecular formula is C31H17N3O6. The lowest BCUT2D eigenvalue weighted by molar-refractivity contribution is 0.0912. The van der Waals surface area contributed by atoms with Gasteiger partial charge in [0.25, 0.3) is 35.4 Å². The number of rotatable bonds is 3. The van der Waals surface area contributed by atoms with E-state index in [0.29, 0.717) is 0 Å². The van der Waals surface area contributed by atoms with E-state index < -0.39 is 35.4 Å². The minimum absolute atomic E-state index is 0.00918. The van der Waals surface area contributed by atoms with Gasteiger partial charge in [0.05, 0.1) is 50.4 Å². The smallest absolute Gasteiger partial charge is 0.266 e. The fraction of sp³-hybridized carbons (Fsp3) is 0.0323. The van der Waals surface area contributed by atoms with E-state index in [4.69, 9.17) is 0 Å². The number of benzene rings is 4. The lowest BCUT2D eigenvalue weighted by Crippen LogP contribution is -2.35. The van der Waals surface area contributed by atoms with Crippen LogP contribution in [0.5, 0.6) is 0 Å². The number of carbonyl (C=O) groups excluding carboxylic acids is 6. The molecular weight excluding hydrogens is 510 g/mol. The normalized spacial score (nSPS) is 15.8. The third-order valence-corrected chi connectivity index (χ3v) is 7.46. The molecule has 0 N–H and O–H groups in total. The monoisotopic (exact) mass is 527 g/mol. The molecule has 4 aromatic rings. The van der Waals surface area contributed by atoms with Crippen molar-refractivity contribution in [3.05, 3.63) is 124 Å². The van der Waals surface area contributed by atoms with Gasteiger partial charge < -0.3 is 0 Å². The summed E-state index contributed by atoms with van der Waals surface area (Å²) in [5.41, 5.74) is 1.54. The highest BCUT2D eigenvalue weighted by molar-refractivity contribution is 6.38. The molecule has 0 radical (unpaired) electrons. The first-order valence-corrected chi connectivity index (χ1v) is 12.4. The lowest BCUT2D eigenvalue weighted by atomic mass is 10.1. The number of imide groups is 3. The highest BCUT2D eigenvalue weighted by Gasteiger charge is 2.43. The Morgan fingerprint density at radius 1 is 0.400 bits per heavy atom. The minimum atomic E-state index is -0.605. The summed E-state index contributed by atoms with van der Waals surface area (Å²) in [5, 5.41) is 0. The van der Waals surface area contributed by atoms with Crippen molar-refractivity contribution >= 4 is 52.5 Å². The zero-order valence-corrected chi connectivity index (χ0v) is 20.9. The fourth-order valence-corrected chi connectivity index (χ4v) is 5.50. The molecule has 3 heterocycles. The Morgan fingerprint density at radius 2 is 0.650 bits per heavy atom. The first kappa shape index (κ1) is 23.4. The van der Waals surface area contributed by atoms with Gasteiger partial charge in [-0.25, -0.2) is 14.7 Å². The average Bonchev–Trinajstić information content (AvgIpc) is 3.49. The van der Waals surface area contributed by atoms with E-state index >= 15 is 0 Å². The minimum Gasteiger partial charge on any atom is -0.268 e. The van der Waals surface area contributed by atoms with Crippen molar-refractivity contribution in [2.24, 2.45) is 0 Å². The van der Waals surface area contributed by atoms with E-state index in [1.807, 2.05) is 0 Å². The molecule has 40 heavy (non-hydrogen) atoms. The Kier molecular flexibility index (Phi) is 4.77. The summed E-state index contributed by atoms with van der Waals surface area (Å²) in [5.74, 6) is -3.61. The summed E-state index contributed by atoms with van der Waals surface area (Å²) >= 11 is 0. The van der Waals surface area contributed by atoms with E-state index in [9.17, 15) is 28.8 Å². The zero-order chi connectivity index (χ0) is 27.9. The molecule has 0 bridgehead atoms. The van der Waals surface area contributed by atoms with Gasteiger partial charge in [-0.1, -0.05) is 36.4 Å². The number of fused-ring (bicyclic) bond motifs is 3. The molecule has 3 aliphatic heterocycles. The van der Waals surface area contributed by atoms with Crippen LogP contribution in [-0.2, 0) is 0 Å². The number of hydrogen-bond donors (Lipinski definition) is 0. The molecule has 0 aromatic heterocycles. The van der Waals surface area contributed by atoms with Gasteiger partial charge in [-0.3, -0.25) is 28.8 Å². The summed E-state index contributed by atoms with van der Waals surface area (Å²) in [4.78, 5) is 83.4. The van der Waals surface area contributed by atoms with Crippen LogP contribution in [0.4, 0.5) is 17.1 Å². The van der Waals surface area contributed by atoms with Gasteiger partial charge in [0.1, 0.15) is 0 Å². The van der Waals surface area contributed by atoms with Gasteiger partial charge in [-0.05, 0) is 61.0 Å². The molecule has 0 unspecified atom stereocenters. The fourth-order valence-electron chi connectivity index (χ4n) is 5.50. The molecule has 3 aliphatic rings. The van der Waals surface area contributed by atoms with Crippen molar-refractivity contribution in [1.82, 2.24) is 0 Å². The van der Waals surface area contributed by atoms with Crippen LogP contribution in [0.25, 0.3) is 0 Å². The Bertz CT molecular complexity index is 1710. The maximum atomic E-state index is 13.4. The molecule has 6 amide bonds. The molecule has 4 aromatic carbocycles. The number of amides is 6. The van der Waals surface area contributed by atoms with E-state index in [2.05, 4.69) is 0 Å². The maximum absolute atomic E-state index is 13.4. The largest absolute Gasteiger partial charge is 0.268 e. The highest BCUT2D eigenvalue weighted by atomic mass is 16.2. The molecule has 0 saturated heterocycles. The van der Waals surface area contributed by atoms with Crippen LogP contribution in [0.15, 0.2) is 84.9 Å². The van der Waals surface area contributed by atoms with Gasteiger partial charge in [-0.2, -0.15) is 0 Å². The first-order chi connectivity index (χ1) is 19.3. The number of hydrogen-bond acceptors (Lipinski definition) is 6. The van der Waals surface area contributed by atoms with Crippen molar-refractivity contribution in [2.45, 2.75) is 6.92 Å². The van der Waals surface area contributed by atoms with Crippen LogP contribution >= 0.6 is 0 Å². The Hall–Kier alpha value is -5.70. The van der Waals surface area contributed by atoms with E-state index in [-0.39, 0.29) is 56.0 Å². The lowest BCUT2D eigenvalue weighted by Gasteiger charge is -2.26. The van der Waals surface area contributed by atoms with Crippen LogP contribution in [-0.4, -0.2) is 35.4 Å². The third kappa shape index (κ3) is 2.97. The third-order valence-electron chi connectivity index (χ3n) is 7.46. The van der Waals surface area contributed by atoms with Crippen molar-refractivity contribution < 1.29 is 28.8 Å². The number of anilines is 3. The van der Waals surface area contributed by atoms with Crippen LogP contribution in [0.2, 0.25) is 0 Å². The summed E-state index contributed by atoms with van der Waals surface area (Å²) < 4.78 is 0. The van der Waals surface area contributed by atoms with Crippen LogP contribution < -0.4 is 14.7 Å². The molecule has 0 aliphatic carbocycles. The summed E-state index contributed by atoms with van der Waals surface area (Å²) in [6.45, 7) is 1.57. The molecule has 0 atom stereocenters. The molecule has 9 nitrogen and oxygen atoms in total. The quantitative estimate of drug-likeness (QED) is 0.365. The Morgan fingerprint density at radius 3 is 0.925 bits per heavy atom. The molecule has 192 valence electrons. The van der Waals surface area contributed by atoms with Crippen LogP contribution in [0.3, 0.4) is 0 Å². The molecule has 0 spiro atoms. The maximum Gasteiger partial charge on any atom is 0.266 e. The van der Waals surface area contributed by atoms with Crippen molar-refractivity contribution in [3.8, 4) is 0 Å². The predicted octanol–water partition coefficient (Wildman–Crippen LogP) is 4.40. The van der Waals surface area contributed by atoms with Crippen LogP contribution in [0.1, 0.15) is 67.7 Å². The second kappa shape index (κ2) is 8.15. The number of carbonyl (C=O) groups is 6. The van der Waals surface area contributed by atoms with Gasteiger partial charge in [0.15, 0.2) is 0 Å². The standard InChI is InChI=1S/C31H17N3O6/c1-16-24(33-28(37)20-10-4-5-11-21(20)29(33)38)14-17(32-26(35)18-8-2-3-9-19(18)27(32)36)15-25(16)34-30(39)22-12-6-7-13-23(22)31(34)40/h2-15H,1H3. The number of nitrogens with zero attached hydrogens (tertiary/aromatic N) is 3. The second-order valence-electron chi connectivity index (χ2n) is 9.58. The van der Waals surface area contributed by atoms with E-state index in [1.54, 1.807) is 43.3 Å². The van der Waals surface area contributed by atoms with Crippen molar-refractivity contribution in [2.75, 3.05) is 14.7 Å². The van der Waals surface area contributed by atoms with Gasteiger partial charge in [0.2, 0.25) is 0 Å². The van der Waals surface area contributed by atoms with E-state index in [1.165, 1.54) is 48.5 Å². The zero-order valence-electron chi connectivity index (χ0n) is 20.9. The van der Waals surface area contributed by atoms with Gasteiger partial charge >= 0.3 is 0 Å². The van der Waals surface area contributed by atoms with Crippen molar-refractivity contribution in [3.63, 3.8) is 0 Å². The van der Waals surface area contributed by atoms with E-state index in [0.717, 1.165) is 14.7 Å². The molecule has 7 rings (SSSR count). The first-order valence-electron chi connectivity index (χ1n) is 12.4. The summed E-state index contributed by atoms with van der Waals surface area (Å²) in [6.07, 6.45) is 0. The highest BCUT2D eigenvalue weighted by Crippen LogP contribution is 2.42. The Balaban J connectivity index is 1.45. The van der Waals surface area contributed by atoms with Gasteiger partial charge in [0, 0.05) is 0 Å². The summed E-state index contributed by atoms with van der Waals surface area (Å²) in [7, 11) is 0. The average molecular weight is 527 g/mol. The van der Waals surface area contributed by atoms with Crippen molar-refractivity contribution in [1.29, 1.82) is 0 Å². The van der Waals surface area contributed by atoms with Crippen LogP contribution in [0, 0.1) is 6.92 Å². The predicted molar refractivity (Wildman–Crippen MR) is 144 cm³/mol. The summed E-state index contributed by atoms with van der Waals surface area (Å²) in [6, 6.07) is 21.8. The molecule has 9 heteroatoms.